The van der Waals surface area contributed by atoms with Crippen molar-refractivity contribution in [3.8, 4) is 11.6 Å². The summed E-state index contributed by atoms with van der Waals surface area (Å²) in [5.41, 5.74) is 0. The summed E-state index contributed by atoms with van der Waals surface area (Å²) in [5.74, 6) is 2.97. The molecule has 2 aliphatic rings. The van der Waals surface area contributed by atoms with Crippen LogP contribution in [0.4, 0.5) is 5.95 Å². The van der Waals surface area contributed by atoms with E-state index in [1.807, 2.05) is 12.1 Å². The molecule has 0 aromatic carbocycles. The number of rotatable bonds is 2. The zero-order valence-electron chi connectivity index (χ0n) is 10.7. The Hall–Kier alpha value is -1.82. The van der Waals surface area contributed by atoms with Crippen molar-refractivity contribution in [2.24, 2.45) is 5.92 Å². The lowest BCUT2D eigenvalue weighted by Crippen LogP contribution is -2.45. The number of aromatic nitrogens is 3. The first-order chi connectivity index (χ1) is 9.42. The molecule has 0 bridgehead atoms. The van der Waals surface area contributed by atoms with E-state index in [0.29, 0.717) is 11.9 Å². The van der Waals surface area contributed by atoms with E-state index in [0.717, 1.165) is 37.3 Å². The molecule has 2 N–H and O–H groups in total. The van der Waals surface area contributed by atoms with Gasteiger partial charge in [-0.05, 0) is 30.9 Å². The molecule has 2 aromatic rings. The van der Waals surface area contributed by atoms with E-state index in [4.69, 9.17) is 4.42 Å². The minimum absolute atomic E-state index is 0.536. The van der Waals surface area contributed by atoms with Crippen molar-refractivity contribution in [1.29, 1.82) is 0 Å². The van der Waals surface area contributed by atoms with E-state index in [1.165, 1.54) is 12.8 Å². The fourth-order valence-electron chi connectivity index (χ4n) is 3.22. The number of nitrogens with zero attached hydrogens (tertiary/aromatic N) is 3. The van der Waals surface area contributed by atoms with E-state index in [2.05, 4.69) is 25.4 Å². The average molecular weight is 259 g/mol. The monoisotopic (exact) mass is 259 g/mol. The number of hydrogen-bond donors (Lipinski definition) is 2. The zero-order chi connectivity index (χ0) is 12.7. The molecule has 6 heteroatoms. The lowest BCUT2D eigenvalue weighted by molar-refractivity contribution is 0.381. The van der Waals surface area contributed by atoms with Crippen molar-refractivity contribution in [3.63, 3.8) is 0 Å². The summed E-state index contributed by atoms with van der Waals surface area (Å²) >= 11 is 0. The first kappa shape index (κ1) is 11.0. The number of nitrogens with one attached hydrogen (secondary N) is 2. The van der Waals surface area contributed by atoms with Crippen LogP contribution in [0.3, 0.4) is 0 Å². The summed E-state index contributed by atoms with van der Waals surface area (Å²) in [5, 5.41) is 10.8. The Labute approximate surface area is 111 Å². The van der Waals surface area contributed by atoms with Crippen LogP contribution in [0, 0.1) is 5.92 Å². The van der Waals surface area contributed by atoms with Gasteiger partial charge in [0.1, 0.15) is 0 Å². The van der Waals surface area contributed by atoms with E-state index >= 15 is 0 Å². The third-order valence-electron chi connectivity index (χ3n) is 4.16. The van der Waals surface area contributed by atoms with Crippen molar-refractivity contribution in [1.82, 2.24) is 20.5 Å². The fraction of sp³-hybridized carbons (Fsp3) is 0.538. The number of H-pyrrole nitrogens is 1. The summed E-state index contributed by atoms with van der Waals surface area (Å²) in [6.45, 7) is 3.20. The van der Waals surface area contributed by atoms with Gasteiger partial charge >= 0.3 is 0 Å². The Kier molecular flexibility index (Phi) is 2.55. The van der Waals surface area contributed by atoms with Gasteiger partial charge in [-0.15, -0.1) is 5.10 Å². The van der Waals surface area contributed by atoms with Gasteiger partial charge in [-0.25, -0.2) is 0 Å². The quantitative estimate of drug-likeness (QED) is 0.849. The van der Waals surface area contributed by atoms with Crippen molar-refractivity contribution in [2.75, 3.05) is 24.5 Å². The van der Waals surface area contributed by atoms with Crippen molar-refractivity contribution in [3.05, 3.63) is 18.4 Å². The molecule has 0 spiro atoms. The van der Waals surface area contributed by atoms with Crippen molar-refractivity contribution < 1.29 is 4.42 Å². The van der Waals surface area contributed by atoms with Gasteiger partial charge in [-0.3, -0.25) is 5.10 Å². The Morgan fingerprint density at radius 1 is 1.37 bits per heavy atom. The Bertz CT molecular complexity index is 549. The lowest BCUT2D eigenvalue weighted by Gasteiger charge is -2.36. The maximum absolute atomic E-state index is 5.34. The second kappa shape index (κ2) is 4.38. The van der Waals surface area contributed by atoms with Crippen molar-refractivity contribution in [2.45, 2.75) is 18.9 Å². The maximum Gasteiger partial charge on any atom is 0.245 e. The molecule has 4 heterocycles. The minimum atomic E-state index is 0.536. The average Bonchev–Trinajstić information content (AvgIpc) is 3.18. The molecule has 19 heavy (non-hydrogen) atoms. The molecular formula is C13H17N5O. The number of aromatic amines is 1. The molecule has 100 valence electrons. The molecule has 0 aliphatic carbocycles. The van der Waals surface area contributed by atoms with Crippen LogP contribution in [0.15, 0.2) is 22.8 Å². The Morgan fingerprint density at radius 2 is 2.37 bits per heavy atom. The smallest absolute Gasteiger partial charge is 0.245 e. The molecular weight excluding hydrogens is 242 g/mol. The van der Waals surface area contributed by atoms with Crippen LogP contribution in [-0.4, -0.2) is 40.9 Å². The topological polar surface area (TPSA) is 70.0 Å². The van der Waals surface area contributed by atoms with Gasteiger partial charge < -0.3 is 14.6 Å². The van der Waals surface area contributed by atoms with Gasteiger partial charge in [0.2, 0.25) is 5.95 Å². The number of furan rings is 1. The predicted octanol–water partition coefficient (Wildman–Crippen LogP) is 1.25. The third kappa shape index (κ3) is 1.83. The molecule has 2 aromatic heterocycles. The number of piperidine rings is 1. The van der Waals surface area contributed by atoms with Crippen LogP contribution in [0.25, 0.3) is 11.6 Å². The second-order valence-corrected chi connectivity index (χ2v) is 5.28. The van der Waals surface area contributed by atoms with E-state index < -0.39 is 0 Å². The highest BCUT2D eigenvalue weighted by molar-refractivity contribution is 5.49. The maximum atomic E-state index is 5.34. The molecule has 2 unspecified atom stereocenters. The summed E-state index contributed by atoms with van der Waals surface area (Å²) in [6, 6.07) is 4.28. The van der Waals surface area contributed by atoms with Gasteiger partial charge in [0.05, 0.1) is 6.26 Å². The first-order valence-electron chi connectivity index (χ1n) is 6.85. The SMILES string of the molecule is c1coc(-c2nc(N3CCCC4CNCC43)n[nH]2)c1. The number of fused-ring (bicyclic) bond motifs is 1. The Balaban J connectivity index is 1.62. The fourth-order valence-corrected chi connectivity index (χ4v) is 3.22. The summed E-state index contributed by atoms with van der Waals surface area (Å²) in [4.78, 5) is 6.91. The Morgan fingerprint density at radius 3 is 3.26 bits per heavy atom. The van der Waals surface area contributed by atoms with Gasteiger partial charge in [-0.1, -0.05) is 0 Å². The third-order valence-corrected chi connectivity index (χ3v) is 4.16. The summed E-state index contributed by atoms with van der Waals surface area (Å²) in [6.07, 6.45) is 4.17. The highest BCUT2D eigenvalue weighted by atomic mass is 16.3. The van der Waals surface area contributed by atoms with Gasteiger partial charge in [0.25, 0.3) is 0 Å². The molecule has 0 saturated carbocycles. The van der Waals surface area contributed by atoms with E-state index in [-0.39, 0.29) is 0 Å². The van der Waals surface area contributed by atoms with Crippen LogP contribution in [0.5, 0.6) is 0 Å². The number of anilines is 1. The molecule has 2 saturated heterocycles. The molecule has 2 atom stereocenters. The van der Waals surface area contributed by atoms with Crippen LogP contribution < -0.4 is 10.2 Å². The van der Waals surface area contributed by atoms with Crippen LogP contribution in [-0.2, 0) is 0 Å². The normalized spacial score (nSPS) is 26.6. The van der Waals surface area contributed by atoms with Crippen molar-refractivity contribution >= 4 is 5.95 Å². The minimum Gasteiger partial charge on any atom is -0.461 e. The molecule has 0 amide bonds. The van der Waals surface area contributed by atoms with Gasteiger partial charge in [0.15, 0.2) is 11.6 Å². The summed E-state index contributed by atoms with van der Waals surface area (Å²) in [7, 11) is 0. The predicted molar refractivity (Wildman–Crippen MR) is 70.8 cm³/mol. The van der Waals surface area contributed by atoms with Crippen LogP contribution in [0.1, 0.15) is 12.8 Å². The largest absolute Gasteiger partial charge is 0.461 e. The first-order valence-corrected chi connectivity index (χ1v) is 6.85. The molecule has 6 nitrogen and oxygen atoms in total. The highest BCUT2D eigenvalue weighted by Crippen LogP contribution is 2.29. The zero-order valence-corrected chi connectivity index (χ0v) is 10.7. The standard InChI is InChI=1S/C13H17N5O/c1-3-9-7-14-8-10(9)18(5-1)13-15-12(16-17-13)11-4-2-6-19-11/h2,4,6,9-10,14H,1,3,5,7-8H2,(H,15,16,17). The second-order valence-electron chi connectivity index (χ2n) is 5.28. The lowest BCUT2D eigenvalue weighted by atomic mass is 9.92. The summed E-state index contributed by atoms with van der Waals surface area (Å²) < 4.78 is 5.34. The molecule has 2 fully saturated rings. The molecule has 4 rings (SSSR count). The number of hydrogen-bond acceptors (Lipinski definition) is 5. The van der Waals surface area contributed by atoms with Gasteiger partial charge in [0, 0.05) is 25.7 Å². The van der Waals surface area contributed by atoms with Gasteiger partial charge in [-0.2, -0.15) is 4.98 Å². The van der Waals surface area contributed by atoms with E-state index in [1.54, 1.807) is 6.26 Å². The molecule has 2 aliphatic heterocycles. The van der Waals surface area contributed by atoms with Crippen LogP contribution >= 0.6 is 0 Å². The highest BCUT2D eigenvalue weighted by Gasteiger charge is 2.36. The van der Waals surface area contributed by atoms with Crippen LogP contribution in [0.2, 0.25) is 0 Å². The molecule has 0 radical (unpaired) electrons. The van der Waals surface area contributed by atoms with E-state index in [9.17, 15) is 0 Å².